The largest absolute Gasteiger partial charge is 0.347 e. The van der Waals surface area contributed by atoms with Crippen molar-refractivity contribution in [3.05, 3.63) is 44.8 Å². The van der Waals surface area contributed by atoms with Crippen LogP contribution < -0.4 is 5.32 Å². The molecule has 6 heteroatoms. The summed E-state index contributed by atoms with van der Waals surface area (Å²) in [5, 5.41) is 9.66. The molecule has 1 fully saturated rings. The number of thiophene rings is 2. The fraction of sp³-hybridized carbons (Fsp3) is 0.526. The number of amides is 1. The lowest BCUT2D eigenvalue weighted by Crippen LogP contribution is -2.49. The van der Waals surface area contributed by atoms with Gasteiger partial charge in [-0.3, -0.25) is 14.6 Å². The van der Waals surface area contributed by atoms with Crippen LogP contribution in [-0.2, 0) is 11.3 Å². The summed E-state index contributed by atoms with van der Waals surface area (Å²) in [5.74, 6) is 0.531. The Morgan fingerprint density at radius 1 is 1.16 bits per heavy atom. The molecule has 1 amide bonds. The lowest BCUT2D eigenvalue weighted by molar-refractivity contribution is -0.123. The first-order valence-corrected chi connectivity index (χ1v) is 10.7. The Balaban J connectivity index is 1.44. The van der Waals surface area contributed by atoms with Gasteiger partial charge in [-0.2, -0.15) is 11.3 Å². The number of hydrogen-bond donors (Lipinski definition) is 1. The molecular formula is C19H27N3OS2. The number of rotatable bonds is 7. The molecule has 0 aliphatic carbocycles. The van der Waals surface area contributed by atoms with Crippen molar-refractivity contribution in [2.45, 2.75) is 26.4 Å². The molecule has 4 nitrogen and oxygen atoms in total. The second-order valence-electron chi connectivity index (χ2n) is 6.99. The molecule has 1 atom stereocenters. The Kier molecular flexibility index (Phi) is 6.64. The molecule has 3 heterocycles. The molecule has 1 aliphatic heterocycles. The molecular weight excluding hydrogens is 350 g/mol. The summed E-state index contributed by atoms with van der Waals surface area (Å²) in [6.45, 7) is 9.83. The maximum atomic E-state index is 12.5. The van der Waals surface area contributed by atoms with Gasteiger partial charge in [-0.25, -0.2) is 0 Å². The number of hydrogen-bond acceptors (Lipinski definition) is 5. The first kappa shape index (κ1) is 18.6. The van der Waals surface area contributed by atoms with E-state index in [0.717, 1.165) is 32.7 Å². The van der Waals surface area contributed by atoms with E-state index in [1.54, 1.807) is 22.7 Å². The van der Waals surface area contributed by atoms with Crippen molar-refractivity contribution in [1.82, 2.24) is 15.1 Å². The van der Waals surface area contributed by atoms with Gasteiger partial charge in [-0.1, -0.05) is 19.9 Å². The number of nitrogens with one attached hydrogen (secondary N) is 1. The fourth-order valence-electron chi connectivity index (χ4n) is 3.20. The second-order valence-corrected chi connectivity index (χ2v) is 8.75. The van der Waals surface area contributed by atoms with Crippen molar-refractivity contribution in [3.63, 3.8) is 0 Å². The molecule has 0 radical (unpaired) electrons. The number of carbonyl (C=O) groups is 1. The molecule has 0 spiro atoms. The number of nitrogens with zero attached hydrogens (tertiary/aromatic N) is 2. The Bertz CT molecular complexity index is 632. The summed E-state index contributed by atoms with van der Waals surface area (Å²) in [6, 6.07) is 6.47. The van der Waals surface area contributed by atoms with Crippen LogP contribution in [0.25, 0.3) is 0 Å². The van der Waals surface area contributed by atoms with Gasteiger partial charge >= 0.3 is 0 Å². The van der Waals surface area contributed by atoms with E-state index in [-0.39, 0.29) is 11.9 Å². The van der Waals surface area contributed by atoms with Crippen LogP contribution >= 0.6 is 22.7 Å². The van der Waals surface area contributed by atoms with Crippen LogP contribution in [0, 0.1) is 5.92 Å². The highest BCUT2D eigenvalue weighted by Gasteiger charge is 2.23. The smallest absolute Gasteiger partial charge is 0.234 e. The summed E-state index contributed by atoms with van der Waals surface area (Å²) in [6.07, 6.45) is 0. The van der Waals surface area contributed by atoms with E-state index >= 15 is 0 Å². The zero-order valence-electron chi connectivity index (χ0n) is 15.0. The fourth-order valence-corrected chi connectivity index (χ4v) is 4.81. The van der Waals surface area contributed by atoms with Crippen molar-refractivity contribution in [2.75, 3.05) is 32.7 Å². The molecule has 25 heavy (non-hydrogen) atoms. The molecule has 136 valence electrons. The molecule has 1 saturated heterocycles. The predicted molar refractivity (Wildman–Crippen MR) is 106 cm³/mol. The number of carbonyl (C=O) groups excluding carboxylic acids is 1. The van der Waals surface area contributed by atoms with Gasteiger partial charge in [0.1, 0.15) is 0 Å². The zero-order valence-corrected chi connectivity index (χ0v) is 16.6. The molecule has 0 bridgehead atoms. The Labute approximate surface area is 158 Å². The quantitative estimate of drug-likeness (QED) is 0.803. The third-order valence-electron chi connectivity index (χ3n) is 4.65. The van der Waals surface area contributed by atoms with Crippen LogP contribution in [0.4, 0.5) is 0 Å². The topological polar surface area (TPSA) is 35.6 Å². The van der Waals surface area contributed by atoms with E-state index in [1.165, 1.54) is 10.4 Å². The molecule has 2 aromatic rings. The third kappa shape index (κ3) is 5.38. The lowest BCUT2D eigenvalue weighted by Gasteiger charge is -2.34. The summed E-state index contributed by atoms with van der Waals surface area (Å²) in [4.78, 5) is 18.5. The molecule has 1 N–H and O–H groups in total. The van der Waals surface area contributed by atoms with Gasteiger partial charge in [0.05, 0.1) is 12.6 Å². The normalized spacial score (nSPS) is 17.7. The molecule has 3 rings (SSSR count). The second kappa shape index (κ2) is 8.94. The van der Waals surface area contributed by atoms with E-state index in [0.29, 0.717) is 12.5 Å². The van der Waals surface area contributed by atoms with E-state index in [9.17, 15) is 4.79 Å². The Morgan fingerprint density at radius 3 is 2.52 bits per heavy atom. The third-order valence-corrected chi connectivity index (χ3v) is 6.34. The van der Waals surface area contributed by atoms with Crippen LogP contribution in [-0.4, -0.2) is 48.4 Å². The monoisotopic (exact) mass is 377 g/mol. The first-order chi connectivity index (χ1) is 12.1. The van der Waals surface area contributed by atoms with Crippen LogP contribution in [0.15, 0.2) is 34.3 Å². The predicted octanol–water partition coefficient (Wildman–Crippen LogP) is 3.44. The first-order valence-electron chi connectivity index (χ1n) is 8.90. The van der Waals surface area contributed by atoms with Crippen molar-refractivity contribution in [2.24, 2.45) is 5.92 Å². The van der Waals surface area contributed by atoms with Gasteiger partial charge in [0.15, 0.2) is 0 Å². The molecule has 2 aromatic heterocycles. The average Bonchev–Trinajstić information content (AvgIpc) is 3.28. The van der Waals surface area contributed by atoms with Crippen molar-refractivity contribution in [3.8, 4) is 0 Å². The number of piperazine rings is 1. The average molecular weight is 378 g/mol. The maximum Gasteiger partial charge on any atom is 0.234 e. The minimum absolute atomic E-state index is 0.118. The Hall–Kier alpha value is -1.21. The van der Waals surface area contributed by atoms with Gasteiger partial charge in [0, 0.05) is 37.6 Å². The van der Waals surface area contributed by atoms with E-state index < -0.39 is 0 Å². The van der Waals surface area contributed by atoms with Gasteiger partial charge in [-0.15, -0.1) is 11.3 Å². The van der Waals surface area contributed by atoms with E-state index in [1.807, 2.05) is 6.07 Å². The van der Waals surface area contributed by atoms with Crippen molar-refractivity contribution >= 4 is 28.6 Å². The van der Waals surface area contributed by atoms with Crippen molar-refractivity contribution in [1.29, 1.82) is 0 Å². The highest BCUT2D eigenvalue weighted by Crippen LogP contribution is 2.25. The summed E-state index contributed by atoms with van der Waals surface area (Å²) < 4.78 is 0. The molecule has 0 saturated carbocycles. The molecule has 0 unspecified atom stereocenters. The maximum absolute atomic E-state index is 12.5. The SMILES string of the molecule is CC(C)[C@H](NC(=O)CN1CCN(Cc2ccsc2)CC1)c1cccs1. The summed E-state index contributed by atoms with van der Waals surface area (Å²) >= 11 is 3.47. The Morgan fingerprint density at radius 2 is 1.92 bits per heavy atom. The minimum Gasteiger partial charge on any atom is -0.347 e. The zero-order chi connectivity index (χ0) is 17.6. The van der Waals surface area contributed by atoms with Gasteiger partial charge in [0.25, 0.3) is 0 Å². The van der Waals surface area contributed by atoms with Crippen LogP contribution in [0.2, 0.25) is 0 Å². The highest BCUT2D eigenvalue weighted by atomic mass is 32.1. The van der Waals surface area contributed by atoms with E-state index in [2.05, 4.69) is 57.2 Å². The standard InChI is InChI=1S/C19H27N3OS2/c1-15(2)19(17-4-3-10-25-17)20-18(23)13-22-8-6-21(7-9-22)12-16-5-11-24-14-16/h3-5,10-11,14-15,19H,6-9,12-13H2,1-2H3,(H,20,23)/t19-/m0/s1. The van der Waals surface area contributed by atoms with E-state index in [4.69, 9.17) is 0 Å². The summed E-state index contributed by atoms with van der Waals surface area (Å²) in [5.41, 5.74) is 1.40. The highest BCUT2D eigenvalue weighted by molar-refractivity contribution is 7.10. The lowest BCUT2D eigenvalue weighted by atomic mass is 10.0. The molecule has 1 aliphatic rings. The molecule has 0 aromatic carbocycles. The van der Waals surface area contributed by atoms with Crippen molar-refractivity contribution < 1.29 is 4.79 Å². The minimum atomic E-state index is 0.118. The van der Waals surface area contributed by atoms with Gasteiger partial charge < -0.3 is 5.32 Å². The van der Waals surface area contributed by atoms with Gasteiger partial charge in [0.2, 0.25) is 5.91 Å². The summed E-state index contributed by atoms with van der Waals surface area (Å²) in [7, 11) is 0. The van der Waals surface area contributed by atoms with Gasteiger partial charge in [-0.05, 0) is 39.8 Å². The van der Waals surface area contributed by atoms with Crippen LogP contribution in [0.5, 0.6) is 0 Å². The van der Waals surface area contributed by atoms with Crippen LogP contribution in [0.1, 0.15) is 30.3 Å². The van der Waals surface area contributed by atoms with Crippen LogP contribution in [0.3, 0.4) is 0 Å².